The molecular weight excluding hydrogens is 254 g/mol. The molecule has 5 heteroatoms. The number of hydrogen-bond donors (Lipinski definition) is 2. The van der Waals surface area contributed by atoms with Gasteiger partial charge >= 0.3 is 0 Å². The van der Waals surface area contributed by atoms with Crippen molar-refractivity contribution in [2.24, 2.45) is 17.6 Å². The fourth-order valence-corrected chi connectivity index (χ4v) is 3.53. The van der Waals surface area contributed by atoms with E-state index in [2.05, 4.69) is 5.32 Å². The maximum Gasteiger partial charge on any atom is 0.225 e. The molecule has 0 bridgehead atoms. The van der Waals surface area contributed by atoms with E-state index >= 15 is 0 Å². The standard InChI is InChI=1S/C15H25N3O2/c16-13(10-5-6-10)8-17-15(20)11-7-14(19)18(9-11)12-3-1-2-4-12/h10-13H,1-9,16H2,(H,17,20). The van der Waals surface area contributed by atoms with E-state index in [1.807, 2.05) is 4.90 Å². The minimum Gasteiger partial charge on any atom is -0.354 e. The summed E-state index contributed by atoms with van der Waals surface area (Å²) in [5.41, 5.74) is 5.99. The molecular formula is C15H25N3O2. The number of nitrogens with two attached hydrogens (primary N) is 1. The van der Waals surface area contributed by atoms with E-state index in [9.17, 15) is 9.59 Å². The van der Waals surface area contributed by atoms with E-state index in [1.54, 1.807) is 0 Å². The Morgan fingerprint density at radius 1 is 1.30 bits per heavy atom. The Kier molecular flexibility index (Phi) is 3.96. The van der Waals surface area contributed by atoms with E-state index in [4.69, 9.17) is 5.73 Å². The summed E-state index contributed by atoms with van der Waals surface area (Å²) in [6.45, 7) is 1.16. The molecule has 0 aromatic rings. The van der Waals surface area contributed by atoms with Crippen LogP contribution >= 0.6 is 0 Å². The maximum atomic E-state index is 12.2. The Labute approximate surface area is 120 Å². The summed E-state index contributed by atoms with van der Waals surface area (Å²) in [6.07, 6.45) is 7.38. The number of hydrogen-bond acceptors (Lipinski definition) is 3. The van der Waals surface area contributed by atoms with Crippen LogP contribution in [0.3, 0.4) is 0 Å². The van der Waals surface area contributed by atoms with Crippen LogP contribution in [0.25, 0.3) is 0 Å². The number of carbonyl (C=O) groups is 2. The number of likely N-dealkylation sites (tertiary alicyclic amines) is 1. The molecule has 2 saturated carbocycles. The van der Waals surface area contributed by atoms with Gasteiger partial charge in [-0.05, 0) is 31.6 Å². The van der Waals surface area contributed by atoms with Crippen molar-refractivity contribution in [3.8, 4) is 0 Å². The van der Waals surface area contributed by atoms with E-state index in [0.29, 0.717) is 31.5 Å². The lowest BCUT2D eigenvalue weighted by atomic mass is 10.1. The third-order valence-corrected chi connectivity index (χ3v) is 5.03. The van der Waals surface area contributed by atoms with Crippen LogP contribution in [0.4, 0.5) is 0 Å². The van der Waals surface area contributed by atoms with Gasteiger partial charge in [-0.3, -0.25) is 9.59 Å². The van der Waals surface area contributed by atoms with Crippen molar-refractivity contribution in [1.29, 1.82) is 0 Å². The van der Waals surface area contributed by atoms with Gasteiger partial charge in [-0.2, -0.15) is 0 Å². The summed E-state index contributed by atoms with van der Waals surface area (Å²) in [6, 6.07) is 0.469. The van der Waals surface area contributed by atoms with Crippen molar-refractivity contribution in [2.45, 2.75) is 57.0 Å². The Morgan fingerprint density at radius 2 is 2.00 bits per heavy atom. The van der Waals surface area contributed by atoms with Gasteiger partial charge in [0.05, 0.1) is 5.92 Å². The van der Waals surface area contributed by atoms with Crippen LogP contribution < -0.4 is 11.1 Å². The molecule has 20 heavy (non-hydrogen) atoms. The summed E-state index contributed by atoms with van der Waals surface area (Å²) >= 11 is 0. The molecule has 5 nitrogen and oxygen atoms in total. The van der Waals surface area contributed by atoms with Crippen molar-refractivity contribution < 1.29 is 9.59 Å². The van der Waals surface area contributed by atoms with Gasteiger partial charge in [0.2, 0.25) is 11.8 Å². The van der Waals surface area contributed by atoms with Crippen LogP contribution in [-0.2, 0) is 9.59 Å². The van der Waals surface area contributed by atoms with Crippen LogP contribution in [0, 0.1) is 11.8 Å². The topological polar surface area (TPSA) is 75.4 Å². The fourth-order valence-electron chi connectivity index (χ4n) is 3.53. The molecule has 0 spiro atoms. The molecule has 0 radical (unpaired) electrons. The van der Waals surface area contributed by atoms with E-state index in [0.717, 1.165) is 12.8 Å². The minimum atomic E-state index is -0.172. The predicted molar refractivity (Wildman–Crippen MR) is 75.8 cm³/mol. The quantitative estimate of drug-likeness (QED) is 0.775. The van der Waals surface area contributed by atoms with Crippen molar-refractivity contribution in [3.63, 3.8) is 0 Å². The van der Waals surface area contributed by atoms with Gasteiger partial charge in [0.25, 0.3) is 0 Å². The minimum absolute atomic E-state index is 0.00921. The molecule has 112 valence electrons. The number of rotatable bonds is 5. The zero-order valence-corrected chi connectivity index (χ0v) is 12.0. The molecule has 1 aliphatic heterocycles. The fraction of sp³-hybridized carbons (Fsp3) is 0.867. The van der Waals surface area contributed by atoms with Gasteiger partial charge in [0.15, 0.2) is 0 Å². The van der Waals surface area contributed by atoms with Gasteiger partial charge in [0.1, 0.15) is 0 Å². The third-order valence-electron chi connectivity index (χ3n) is 5.03. The normalized spacial score (nSPS) is 28.9. The molecule has 0 aromatic carbocycles. The molecule has 2 unspecified atom stereocenters. The number of nitrogens with zero attached hydrogens (tertiary/aromatic N) is 1. The Morgan fingerprint density at radius 3 is 2.65 bits per heavy atom. The molecule has 0 aromatic heterocycles. The maximum absolute atomic E-state index is 12.2. The predicted octanol–water partition coefficient (Wildman–Crippen LogP) is 0.631. The SMILES string of the molecule is NC(CNC(=O)C1CC(=O)N(C2CCCC2)C1)C1CC1. The zero-order valence-electron chi connectivity index (χ0n) is 12.0. The van der Waals surface area contributed by atoms with Crippen molar-refractivity contribution in [3.05, 3.63) is 0 Å². The highest BCUT2D eigenvalue weighted by Crippen LogP contribution is 2.31. The van der Waals surface area contributed by atoms with Gasteiger partial charge in [0, 0.05) is 31.6 Å². The second-order valence-corrected chi connectivity index (χ2v) is 6.63. The molecule has 2 aliphatic carbocycles. The molecule has 2 amide bonds. The van der Waals surface area contributed by atoms with Crippen LogP contribution in [0.2, 0.25) is 0 Å². The average Bonchev–Trinajstić information content (AvgIpc) is 3.01. The smallest absolute Gasteiger partial charge is 0.225 e. The highest BCUT2D eigenvalue weighted by atomic mass is 16.2. The highest BCUT2D eigenvalue weighted by Gasteiger charge is 2.38. The van der Waals surface area contributed by atoms with E-state index in [-0.39, 0.29) is 23.8 Å². The van der Waals surface area contributed by atoms with Crippen molar-refractivity contribution in [2.75, 3.05) is 13.1 Å². The van der Waals surface area contributed by atoms with Gasteiger partial charge in [-0.15, -0.1) is 0 Å². The Balaban J connectivity index is 1.47. The lowest BCUT2D eigenvalue weighted by Gasteiger charge is -2.24. The first kappa shape index (κ1) is 13.9. The number of carbonyl (C=O) groups excluding carboxylic acids is 2. The second-order valence-electron chi connectivity index (χ2n) is 6.63. The summed E-state index contributed by atoms with van der Waals surface area (Å²) in [5.74, 6) is 0.587. The molecule has 3 fully saturated rings. The summed E-state index contributed by atoms with van der Waals surface area (Å²) in [4.78, 5) is 26.1. The Bertz CT molecular complexity index is 389. The first-order valence-electron chi connectivity index (χ1n) is 7.98. The lowest BCUT2D eigenvalue weighted by Crippen LogP contribution is -2.42. The third kappa shape index (κ3) is 2.97. The first-order chi connectivity index (χ1) is 9.65. The monoisotopic (exact) mass is 279 g/mol. The van der Waals surface area contributed by atoms with Crippen LogP contribution in [0.5, 0.6) is 0 Å². The second kappa shape index (κ2) is 5.72. The molecule has 2 atom stereocenters. The van der Waals surface area contributed by atoms with Gasteiger partial charge in [-0.25, -0.2) is 0 Å². The van der Waals surface area contributed by atoms with Crippen LogP contribution in [0.15, 0.2) is 0 Å². The molecule has 1 saturated heterocycles. The molecule has 3 aliphatic rings. The molecule has 3 rings (SSSR count). The van der Waals surface area contributed by atoms with E-state index in [1.165, 1.54) is 25.7 Å². The van der Waals surface area contributed by atoms with Gasteiger partial charge in [-0.1, -0.05) is 12.8 Å². The van der Waals surface area contributed by atoms with Crippen molar-refractivity contribution >= 4 is 11.8 Å². The molecule has 3 N–H and O–H groups in total. The summed E-state index contributed by atoms with van der Waals surface area (Å²) in [7, 11) is 0. The summed E-state index contributed by atoms with van der Waals surface area (Å²) < 4.78 is 0. The van der Waals surface area contributed by atoms with E-state index < -0.39 is 0 Å². The first-order valence-corrected chi connectivity index (χ1v) is 7.98. The molecule has 1 heterocycles. The van der Waals surface area contributed by atoms with Gasteiger partial charge < -0.3 is 16.0 Å². The summed E-state index contributed by atoms with van der Waals surface area (Å²) in [5, 5.41) is 2.93. The average molecular weight is 279 g/mol. The Hall–Kier alpha value is -1.10. The van der Waals surface area contributed by atoms with Crippen LogP contribution in [-0.4, -0.2) is 41.9 Å². The van der Waals surface area contributed by atoms with Crippen LogP contribution in [0.1, 0.15) is 44.9 Å². The zero-order chi connectivity index (χ0) is 14.1. The van der Waals surface area contributed by atoms with Crippen molar-refractivity contribution in [1.82, 2.24) is 10.2 Å². The lowest BCUT2D eigenvalue weighted by molar-refractivity contribution is -0.130. The highest BCUT2D eigenvalue weighted by molar-refractivity contribution is 5.89. The number of nitrogens with one attached hydrogen (secondary N) is 1. The number of amides is 2. The largest absolute Gasteiger partial charge is 0.354 e.